The molecule has 0 unspecified atom stereocenters. The molecule has 330 valence electrons. The molecule has 6 aromatic carbocycles. The topological polar surface area (TPSA) is 77.4 Å². The summed E-state index contributed by atoms with van der Waals surface area (Å²) in [7, 11) is 0. The molecule has 0 saturated carbocycles. The fourth-order valence-corrected chi connectivity index (χ4v) is 10.8. The van der Waals surface area contributed by atoms with Crippen LogP contribution in [0.5, 0.6) is 17.4 Å². The first kappa shape index (κ1) is 43.1. The number of ether oxygens (including phenoxy) is 2. The van der Waals surface area contributed by atoms with Crippen molar-refractivity contribution in [1.82, 2.24) is 15.0 Å². The molecule has 3 saturated heterocycles. The second kappa shape index (κ2) is 17.9. The fourth-order valence-electron chi connectivity index (χ4n) is 10.5. The second-order valence-electron chi connectivity index (χ2n) is 18.9. The van der Waals surface area contributed by atoms with Crippen LogP contribution in [0.4, 0.5) is 0 Å². The highest BCUT2D eigenvalue weighted by Crippen LogP contribution is 2.51. The Hall–Kier alpha value is -6.80. The van der Waals surface area contributed by atoms with E-state index in [0.29, 0.717) is 34.3 Å². The number of pyridine rings is 1. The van der Waals surface area contributed by atoms with Crippen molar-refractivity contribution in [2.45, 2.75) is 57.9 Å². The molecule has 7 nitrogen and oxygen atoms in total. The molecular weight excluding hydrogens is 836 g/mol. The van der Waals surface area contributed by atoms with Crippen molar-refractivity contribution >= 4 is 22.5 Å². The molecule has 66 heavy (non-hydrogen) atoms. The van der Waals surface area contributed by atoms with Crippen LogP contribution in [0.1, 0.15) is 50.8 Å². The first-order valence-corrected chi connectivity index (χ1v) is 23.3. The van der Waals surface area contributed by atoms with Crippen LogP contribution >= 0.6 is 11.6 Å². The van der Waals surface area contributed by atoms with Crippen LogP contribution in [0.2, 0.25) is 5.15 Å². The summed E-state index contributed by atoms with van der Waals surface area (Å²) in [5.74, 6) is 2.64. The maximum atomic E-state index is 11.0. The van der Waals surface area contributed by atoms with Gasteiger partial charge in [0.05, 0.1) is 24.2 Å². The molecule has 0 spiro atoms. The third-order valence-electron chi connectivity index (χ3n) is 13.5. The number of rotatable bonds is 12. The highest BCUT2D eigenvalue weighted by atomic mass is 35.5. The van der Waals surface area contributed by atoms with E-state index in [2.05, 4.69) is 112 Å². The number of phenols is 1. The highest BCUT2D eigenvalue weighted by molar-refractivity contribution is 6.32. The van der Waals surface area contributed by atoms with Gasteiger partial charge in [0, 0.05) is 58.2 Å². The first-order valence-electron chi connectivity index (χ1n) is 22.9. The predicted octanol–water partition coefficient (Wildman–Crippen LogP) is 14.0. The lowest BCUT2D eigenvalue weighted by atomic mass is 9.71. The van der Waals surface area contributed by atoms with Crippen LogP contribution in [0, 0.1) is 11.8 Å². The number of benzene rings is 6. The van der Waals surface area contributed by atoms with Gasteiger partial charge in [0.15, 0.2) is 11.9 Å². The van der Waals surface area contributed by atoms with Crippen molar-refractivity contribution in [3.05, 3.63) is 193 Å². The zero-order valence-corrected chi connectivity index (χ0v) is 38.4. The van der Waals surface area contributed by atoms with Gasteiger partial charge in [-0.1, -0.05) is 139 Å². The molecule has 5 heterocycles. The molecule has 0 radical (unpaired) electrons. The van der Waals surface area contributed by atoms with Crippen LogP contribution in [-0.4, -0.2) is 49.3 Å². The van der Waals surface area contributed by atoms with Crippen LogP contribution in [0.3, 0.4) is 0 Å². The summed E-state index contributed by atoms with van der Waals surface area (Å²) < 4.78 is 15.4. The number of aromatic hydroxyl groups is 1. The summed E-state index contributed by atoms with van der Waals surface area (Å²) in [4.78, 5) is 14.9. The van der Waals surface area contributed by atoms with Crippen LogP contribution in [0.25, 0.3) is 55.7 Å². The molecule has 3 aliphatic rings. The van der Waals surface area contributed by atoms with Crippen LogP contribution < -0.4 is 9.47 Å². The van der Waals surface area contributed by atoms with E-state index in [1.807, 2.05) is 79.0 Å². The Balaban J connectivity index is 1.19. The van der Waals surface area contributed by atoms with E-state index < -0.39 is 11.7 Å². The number of halogens is 1. The van der Waals surface area contributed by atoms with E-state index in [9.17, 15) is 5.11 Å². The molecular formula is C58H54ClN4O3+. The monoisotopic (exact) mass is 889 g/mol. The summed E-state index contributed by atoms with van der Waals surface area (Å²) >= 11 is 7.27. The molecule has 5 atom stereocenters. The van der Waals surface area contributed by atoms with Crippen LogP contribution in [-0.2, 0) is 6.54 Å². The van der Waals surface area contributed by atoms with Crippen molar-refractivity contribution in [3.63, 3.8) is 0 Å². The molecule has 8 aromatic rings. The average Bonchev–Trinajstić information content (AvgIpc) is 3.34. The van der Waals surface area contributed by atoms with Gasteiger partial charge in [-0.2, -0.15) is 4.98 Å². The number of hydrogen-bond acceptors (Lipinski definition) is 6. The maximum absolute atomic E-state index is 11.0. The Morgan fingerprint density at radius 1 is 0.773 bits per heavy atom. The molecule has 0 amide bonds. The number of hydrogen-bond donors (Lipinski definition) is 1. The highest BCUT2D eigenvalue weighted by Gasteiger charge is 2.55. The van der Waals surface area contributed by atoms with Gasteiger partial charge in [-0.15, -0.1) is 6.58 Å². The van der Waals surface area contributed by atoms with E-state index in [-0.39, 0.29) is 11.8 Å². The van der Waals surface area contributed by atoms with Gasteiger partial charge in [0.1, 0.15) is 34.8 Å². The van der Waals surface area contributed by atoms with Crippen LogP contribution in [0.15, 0.2) is 177 Å². The quantitative estimate of drug-likeness (QED) is 0.0748. The van der Waals surface area contributed by atoms with Gasteiger partial charge in [-0.25, -0.2) is 4.98 Å². The Labute approximate surface area is 392 Å². The SMILES string of the molecule is C=C[C@@H]1C[N@+]2(Cc3cc(-c4ccccc4)c(OC(C)(C)C)c(-c4ccccc4)c3)CC[C@@H]1C[C@@H]2[C@@H](Oc1nc(-c2ccccc2)nc(Cl)c1-c1ccccc1)c1ccnc2ccc(O)cc12. The molecule has 1 N–H and O–H groups in total. The average molecular weight is 891 g/mol. The van der Waals surface area contributed by atoms with Crippen molar-refractivity contribution in [1.29, 1.82) is 0 Å². The molecule has 3 aliphatic heterocycles. The van der Waals surface area contributed by atoms with Gasteiger partial charge >= 0.3 is 0 Å². The number of piperidine rings is 3. The van der Waals surface area contributed by atoms with Gasteiger partial charge in [0.25, 0.3) is 0 Å². The molecule has 3 fully saturated rings. The molecule has 2 aromatic heterocycles. The van der Waals surface area contributed by atoms with E-state index >= 15 is 0 Å². The summed E-state index contributed by atoms with van der Waals surface area (Å²) in [5, 5.41) is 12.2. The Morgan fingerprint density at radius 2 is 1.38 bits per heavy atom. The van der Waals surface area contributed by atoms with Crippen molar-refractivity contribution < 1.29 is 19.1 Å². The predicted molar refractivity (Wildman–Crippen MR) is 266 cm³/mol. The lowest BCUT2D eigenvalue weighted by Gasteiger charge is -2.58. The Bertz CT molecular complexity index is 2960. The van der Waals surface area contributed by atoms with Gasteiger partial charge in [0.2, 0.25) is 5.88 Å². The largest absolute Gasteiger partial charge is 0.508 e. The normalized spacial score (nSPS) is 19.6. The van der Waals surface area contributed by atoms with E-state index in [1.165, 1.54) is 5.56 Å². The van der Waals surface area contributed by atoms with Crippen molar-refractivity contribution in [2.24, 2.45) is 11.8 Å². The number of phenolic OH excluding ortho intramolecular Hbond substituents is 1. The number of quaternary nitrogens is 1. The second-order valence-corrected chi connectivity index (χ2v) is 19.2. The summed E-state index contributed by atoms with van der Waals surface area (Å²) in [5.41, 5.74) is 9.10. The standard InChI is InChI=1S/C58H53ClN4O3/c1-5-39-37-63(36-38-32-47(40-18-10-6-11-19-40)53(66-58(2,3)4)48(33-38)41-20-12-7-13-21-41)31-29-44(39)34-51(63)54(46-28-30-60-50-27-26-45(64)35-49(46)50)65-57-52(42-22-14-8-15-23-42)55(59)61-56(62-57)43-24-16-9-17-25-43/h5-28,30,32-33,35,39,44,51,54H,1,29,31,34,36-37H2,2-4H3/p+1/t39-,44-,51-,54+,63-/m1/s1. The molecule has 11 rings (SSSR count). The first-order chi connectivity index (χ1) is 32.1. The number of fused-ring (bicyclic) bond motifs is 4. The lowest BCUT2D eigenvalue weighted by Crippen LogP contribution is -2.68. The smallest absolute Gasteiger partial charge is 0.227 e. The number of nitrogens with zero attached hydrogens (tertiary/aromatic N) is 4. The van der Waals surface area contributed by atoms with E-state index in [0.717, 1.165) is 92.6 Å². The third kappa shape index (κ3) is 8.57. The van der Waals surface area contributed by atoms with E-state index in [1.54, 1.807) is 6.07 Å². The minimum atomic E-state index is -0.548. The minimum absolute atomic E-state index is 0.0590. The molecule has 2 bridgehead atoms. The van der Waals surface area contributed by atoms with Gasteiger partial charge in [-0.05, 0) is 79.8 Å². The van der Waals surface area contributed by atoms with E-state index in [4.69, 9.17) is 36.0 Å². The van der Waals surface area contributed by atoms with Gasteiger partial charge in [-0.3, -0.25) is 4.98 Å². The Morgan fingerprint density at radius 3 is 1.98 bits per heavy atom. The lowest BCUT2D eigenvalue weighted by molar-refractivity contribution is -0.984. The van der Waals surface area contributed by atoms with Crippen molar-refractivity contribution in [2.75, 3.05) is 13.1 Å². The molecule has 0 aliphatic carbocycles. The summed E-state index contributed by atoms with van der Waals surface area (Å²) in [6.07, 6.45) is 5.43. The minimum Gasteiger partial charge on any atom is -0.508 e. The number of aromatic nitrogens is 3. The van der Waals surface area contributed by atoms with Crippen molar-refractivity contribution in [3.8, 4) is 62.1 Å². The molecule has 8 heteroatoms. The maximum Gasteiger partial charge on any atom is 0.227 e. The fraction of sp³-hybridized carbons (Fsp3) is 0.224. The van der Waals surface area contributed by atoms with Gasteiger partial charge < -0.3 is 19.1 Å². The summed E-state index contributed by atoms with van der Waals surface area (Å²) in [6.45, 7) is 13.3. The Kier molecular flexibility index (Phi) is 11.7. The third-order valence-corrected chi connectivity index (χ3v) is 13.8. The summed E-state index contributed by atoms with van der Waals surface area (Å²) in [6, 6.07) is 53.2. The zero-order valence-electron chi connectivity index (χ0n) is 37.6. The zero-order chi connectivity index (χ0) is 45.4.